The predicted molar refractivity (Wildman–Crippen MR) is 129 cm³/mol. The molecule has 0 aliphatic carbocycles. The second kappa shape index (κ2) is 9.36. The maximum Gasteiger partial charge on any atom is 0.224 e. The van der Waals surface area contributed by atoms with Gasteiger partial charge in [0.2, 0.25) is 11.8 Å². The van der Waals surface area contributed by atoms with Crippen molar-refractivity contribution >= 4 is 34.1 Å². The van der Waals surface area contributed by atoms with Crippen LogP contribution in [0.1, 0.15) is 18.4 Å². The monoisotopic (exact) mass is 431 g/mol. The molecule has 1 aliphatic rings. The van der Waals surface area contributed by atoms with Gasteiger partial charge in [0, 0.05) is 61.3 Å². The van der Waals surface area contributed by atoms with Crippen molar-refractivity contribution in [2.45, 2.75) is 19.8 Å². The van der Waals surface area contributed by atoms with Gasteiger partial charge in [-0.25, -0.2) is 4.98 Å². The molecule has 3 N–H and O–H groups in total. The van der Waals surface area contributed by atoms with Crippen LogP contribution in [0.5, 0.6) is 0 Å². The highest BCUT2D eigenvalue weighted by molar-refractivity contribution is 5.96. The number of hydrogen-bond donors (Lipinski definition) is 2. The fraction of sp³-hybridized carbons (Fsp3) is 0.320. The zero-order chi connectivity index (χ0) is 22.7. The quantitative estimate of drug-likeness (QED) is 0.626. The van der Waals surface area contributed by atoms with Gasteiger partial charge >= 0.3 is 0 Å². The fourth-order valence-electron chi connectivity index (χ4n) is 3.99. The van der Waals surface area contributed by atoms with Crippen LogP contribution in [0.25, 0.3) is 22.2 Å². The summed E-state index contributed by atoms with van der Waals surface area (Å²) in [6.45, 7) is 6.31. The van der Waals surface area contributed by atoms with Crippen LogP contribution in [-0.4, -0.2) is 54.9 Å². The summed E-state index contributed by atoms with van der Waals surface area (Å²) < 4.78 is 0. The van der Waals surface area contributed by atoms with Gasteiger partial charge in [0.15, 0.2) is 0 Å². The molecule has 166 valence electrons. The molecule has 1 saturated heterocycles. The summed E-state index contributed by atoms with van der Waals surface area (Å²) in [6, 6.07) is 16.3. The number of rotatable bonds is 6. The largest absolute Gasteiger partial charge is 0.370 e. The number of anilines is 2. The number of hydrogen-bond acceptors (Lipinski definition) is 5. The van der Waals surface area contributed by atoms with Crippen LogP contribution in [0.4, 0.5) is 11.4 Å². The summed E-state index contributed by atoms with van der Waals surface area (Å²) >= 11 is 0. The molecule has 2 aromatic carbocycles. The highest BCUT2D eigenvalue weighted by Crippen LogP contribution is 2.28. The van der Waals surface area contributed by atoms with E-state index in [1.807, 2.05) is 25.1 Å². The Balaban J connectivity index is 1.51. The van der Waals surface area contributed by atoms with Gasteiger partial charge in [0.25, 0.3) is 0 Å². The second-order valence-corrected chi connectivity index (χ2v) is 8.41. The standard InChI is InChI=1S/C25H29N5O2/c1-17-15-23(18-3-6-20(7-4-18)30-13-11-29(2)12-14-30)28-22-8-5-19(16-21(17)22)27-25(32)10-9-24(26)31/h3-8,15-16H,9-14H2,1-2H3,(H2,26,31)(H,27,32). The van der Waals surface area contributed by atoms with Crippen LogP contribution >= 0.6 is 0 Å². The molecular formula is C25H29N5O2. The third-order valence-corrected chi connectivity index (χ3v) is 5.93. The molecule has 7 nitrogen and oxygen atoms in total. The smallest absolute Gasteiger partial charge is 0.224 e. The number of nitrogens with two attached hydrogens (primary N) is 1. The number of aromatic nitrogens is 1. The summed E-state index contributed by atoms with van der Waals surface area (Å²) in [5.74, 6) is -0.714. The number of piperazine rings is 1. The van der Waals surface area contributed by atoms with Gasteiger partial charge in [-0.15, -0.1) is 0 Å². The first-order valence-electron chi connectivity index (χ1n) is 10.9. The van der Waals surface area contributed by atoms with Crippen molar-refractivity contribution < 1.29 is 9.59 Å². The number of benzene rings is 2. The van der Waals surface area contributed by atoms with Gasteiger partial charge < -0.3 is 20.9 Å². The van der Waals surface area contributed by atoms with E-state index in [0.29, 0.717) is 5.69 Å². The molecule has 2 amide bonds. The lowest BCUT2D eigenvalue weighted by Gasteiger charge is -2.34. The molecule has 0 unspecified atom stereocenters. The number of nitrogens with one attached hydrogen (secondary N) is 1. The molecule has 7 heteroatoms. The van der Waals surface area contributed by atoms with Gasteiger partial charge in [-0.2, -0.15) is 0 Å². The Hall–Kier alpha value is -3.45. The van der Waals surface area contributed by atoms with E-state index in [4.69, 9.17) is 10.7 Å². The lowest BCUT2D eigenvalue weighted by molar-refractivity contribution is -0.122. The van der Waals surface area contributed by atoms with E-state index in [1.54, 1.807) is 0 Å². The Morgan fingerprint density at radius 1 is 1.00 bits per heavy atom. The van der Waals surface area contributed by atoms with Crippen LogP contribution in [0, 0.1) is 6.92 Å². The van der Waals surface area contributed by atoms with Crippen molar-refractivity contribution in [3.05, 3.63) is 54.1 Å². The number of primary amides is 1. The van der Waals surface area contributed by atoms with Crippen molar-refractivity contribution in [3.8, 4) is 11.3 Å². The number of carbonyl (C=O) groups excluding carboxylic acids is 2. The van der Waals surface area contributed by atoms with Crippen molar-refractivity contribution in [2.24, 2.45) is 5.73 Å². The lowest BCUT2D eigenvalue weighted by atomic mass is 10.0. The Morgan fingerprint density at radius 2 is 1.72 bits per heavy atom. The van der Waals surface area contributed by atoms with Crippen molar-refractivity contribution in [1.29, 1.82) is 0 Å². The van der Waals surface area contributed by atoms with Gasteiger partial charge in [0.1, 0.15) is 0 Å². The molecule has 2 heterocycles. The Morgan fingerprint density at radius 3 is 2.41 bits per heavy atom. The number of nitrogens with zero attached hydrogens (tertiary/aromatic N) is 3. The number of amides is 2. The first-order valence-corrected chi connectivity index (χ1v) is 10.9. The Labute approximate surface area is 188 Å². The molecule has 1 fully saturated rings. The third-order valence-electron chi connectivity index (χ3n) is 5.93. The summed E-state index contributed by atoms with van der Waals surface area (Å²) in [4.78, 5) is 32.5. The van der Waals surface area contributed by atoms with E-state index in [-0.39, 0.29) is 18.7 Å². The number of carbonyl (C=O) groups is 2. The minimum Gasteiger partial charge on any atom is -0.370 e. The van der Waals surface area contributed by atoms with E-state index in [1.165, 1.54) is 5.69 Å². The lowest BCUT2D eigenvalue weighted by Crippen LogP contribution is -2.44. The van der Waals surface area contributed by atoms with E-state index in [2.05, 4.69) is 52.5 Å². The molecule has 32 heavy (non-hydrogen) atoms. The highest BCUT2D eigenvalue weighted by atomic mass is 16.2. The van der Waals surface area contributed by atoms with Gasteiger partial charge in [-0.1, -0.05) is 12.1 Å². The number of fused-ring (bicyclic) bond motifs is 1. The van der Waals surface area contributed by atoms with Gasteiger partial charge in [-0.05, 0) is 55.9 Å². The normalized spacial score (nSPS) is 14.5. The first kappa shape index (κ1) is 21.8. The molecule has 4 rings (SSSR count). The fourth-order valence-corrected chi connectivity index (χ4v) is 3.99. The summed E-state index contributed by atoms with van der Waals surface area (Å²) in [5, 5.41) is 3.80. The van der Waals surface area contributed by atoms with Crippen LogP contribution < -0.4 is 16.0 Å². The maximum atomic E-state index is 12.0. The molecule has 0 atom stereocenters. The van der Waals surface area contributed by atoms with Crippen LogP contribution in [0.15, 0.2) is 48.5 Å². The molecule has 0 spiro atoms. The number of aryl methyl sites for hydroxylation is 1. The molecule has 0 radical (unpaired) electrons. The molecule has 3 aromatic rings. The van der Waals surface area contributed by atoms with Gasteiger partial charge in [0.05, 0.1) is 11.2 Å². The maximum absolute atomic E-state index is 12.0. The van der Waals surface area contributed by atoms with Crippen molar-refractivity contribution in [3.63, 3.8) is 0 Å². The van der Waals surface area contributed by atoms with E-state index >= 15 is 0 Å². The average Bonchev–Trinajstić information content (AvgIpc) is 2.79. The van der Waals surface area contributed by atoms with E-state index < -0.39 is 5.91 Å². The van der Waals surface area contributed by atoms with Crippen LogP contribution in [-0.2, 0) is 9.59 Å². The van der Waals surface area contributed by atoms with Gasteiger partial charge in [-0.3, -0.25) is 9.59 Å². The zero-order valence-corrected chi connectivity index (χ0v) is 18.6. The van der Waals surface area contributed by atoms with Crippen molar-refractivity contribution in [2.75, 3.05) is 43.4 Å². The second-order valence-electron chi connectivity index (χ2n) is 8.41. The Bertz CT molecular complexity index is 1140. The molecule has 1 aromatic heterocycles. The minimum absolute atomic E-state index is 0.0386. The first-order chi connectivity index (χ1) is 15.4. The molecule has 0 bridgehead atoms. The number of likely N-dealkylation sites (N-methyl/N-ethyl adjacent to an activating group) is 1. The third kappa shape index (κ3) is 5.06. The molecule has 0 saturated carbocycles. The van der Waals surface area contributed by atoms with E-state index in [9.17, 15) is 9.59 Å². The average molecular weight is 432 g/mol. The molecular weight excluding hydrogens is 402 g/mol. The predicted octanol–water partition coefficient (Wildman–Crippen LogP) is 3.17. The Kier molecular flexibility index (Phi) is 6.37. The summed E-state index contributed by atoms with van der Waals surface area (Å²) in [7, 11) is 2.16. The van der Waals surface area contributed by atoms with Crippen LogP contribution in [0.2, 0.25) is 0 Å². The zero-order valence-electron chi connectivity index (χ0n) is 18.6. The SMILES string of the molecule is Cc1cc(-c2ccc(N3CCN(C)CC3)cc2)nc2ccc(NC(=O)CCC(N)=O)cc12. The summed E-state index contributed by atoms with van der Waals surface area (Å²) in [6.07, 6.45) is 0.116. The topological polar surface area (TPSA) is 91.6 Å². The van der Waals surface area contributed by atoms with E-state index in [0.717, 1.165) is 53.9 Å². The van der Waals surface area contributed by atoms with Crippen LogP contribution in [0.3, 0.4) is 0 Å². The van der Waals surface area contributed by atoms with Crippen molar-refractivity contribution in [1.82, 2.24) is 9.88 Å². The minimum atomic E-state index is -0.484. The molecule has 1 aliphatic heterocycles. The number of pyridine rings is 1. The summed E-state index contributed by atoms with van der Waals surface area (Å²) in [5.41, 5.74) is 11.0. The highest BCUT2D eigenvalue weighted by Gasteiger charge is 2.14.